The van der Waals surface area contributed by atoms with Gasteiger partial charge in [0.1, 0.15) is 19.6 Å². The van der Waals surface area contributed by atoms with Crippen LogP contribution in [0, 0.1) is 0 Å². The lowest BCUT2D eigenvalue weighted by Crippen LogP contribution is -2.15. The van der Waals surface area contributed by atoms with E-state index in [4.69, 9.17) is 0 Å². The average molecular weight is 1930 g/mol. The van der Waals surface area contributed by atoms with Crippen molar-refractivity contribution in [2.75, 3.05) is 42.5 Å². The number of hydrogen-bond acceptors (Lipinski definition) is 16. The van der Waals surface area contributed by atoms with Crippen LogP contribution in [0.15, 0.2) is 335 Å². The molecule has 702 valence electrons. The van der Waals surface area contributed by atoms with Crippen LogP contribution < -0.4 is 42.5 Å². The molecule has 0 spiro atoms. The first-order valence-corrected chi connectivity index (χ1v) is 49.5. The highest BCUT2D eigenvalue weighted by atomic mass is 32.2. The Kier molecular flexibility index (Phi) is 30.1. The molecule has 0 fully saturated rings. The summed E-state index contributed by atoms with van der Waals surface area (Å²) in [5.41, 5.74) is 9.77. The van der Waals surface area contributed by atoms with E-state index in [9.17, 15) is 90.2 Å². The fourth-order valence-electron chi connectivity index (χ4n) is 15.5. The Bertz CT molecular complexity index is 7060. The van der Waals surface area contributed by atoms with Crippen molar-refractivity contribution in [3.63, 3.8) is 0 Å². The largest absolute Gasteiger partial charge is 0.322 e. The first-order chi connectivity index (χ1) is 65.7. The van der Waals surface area contributed by atoms with Crippen molar-refractivity contribution in [3.8, 4) is 44.5 Å². The number of carbonyl (C=O) groups is 8. The molecule has 138 heavy (non-hydrogen) atoms. The van der Waals surface area contributed by atoms with Gasteiger partial charge in [0.05, 0.1) is 0 Å². The van der Waals surface area contributed by atoms with E-state index >= 15 is 0 Å². The van der Waals surface area contributed by atoms with Gasteiger partial charge in [0.25, 0.3) is 87.7 Å². The second kappa shape index (κ2) is 42.2. The summed E-state index contributed by atoms with van der Waals surface area (Å²) in [4.78, 5) is 105. The first-order valence-electron chi connectivity index (χ1n) is 43.7. The van der Waals surface area contributed by atoms with Gasteiger partial charge in [-0.05, 0) is 288 Å². The third-order valence-corrected chi connectivity index (χ3v) is 27.5. The fraction of sp³-hybridized carbons (Fsp3) is 0.132. The van der Waals surface area contributed by atoms with Crippen LogP contribution in [-0.4, -0.2) is 99.1 Å². The number of carbonyl (C=O) groups excluding carboxylic acids is 8. The maximum Gasteiger partial charge on any atom is 0.295 e. The molecule has 0 bridgehead atoms. The van der Waals surface area contributed by atoms with Crippen LogP contribution in [0.2, 0.25) is 0 Å². The maximum absolute atomic E-state index is 13.5. The predicted octanol–water partition coefficient (Wildman–Crippen LogP) is 22.1. The molecule has 8 amide bonds. The Morgan fingerprint density at radius 1 is 0.210 bits per heavy atom. The number of amides is 8. The number of anilines is 8. The van der Waals surface area contributed by atoms with Gasteiger partial charge in [-0.25, -0.2) is 0 Å². The highest BCUT2D eigenvalue weighted by molar-refractivity contribution is 7.86. The van der Waals surface area contributed by atoms with Gasteiger partial charge >= 0.3 is 0 Å². The maximum atomic E-state index is 13.5. The summed E-state index contributed by atoms with van der Waals surface area (Å²) in [5.74, 6) is -3.41. The molecular weight excluding hydrogens is 1830 g/mol. The molecule has 12 N–H and O–H groups in total. The summed E-state index contributed by atoms with van der Waals surface area (Å²) in [7, 11) is -19.3. The van der Waals surface area contributed by atoms with E-state index in [1.165, 1.54) is 146 Å². The van der Waals surface area contributed by atoms with Crippen LogP contribution >= 0.6 is 0 Å². The normalized spacial score (nSPS) is 12.4. The van der Waals surface area contributed by atoms with E-state index in [2.05, 4.69) is 84.1 Å². The quantitative estimate of drug-likeness (QED) is 0.0170. The molecule has 14 rings (SSSR count). The molecule has 0 heterocycles. The van der Waals surface area contributed by atoms with E-state index < -0.39 is 107 Å². The Morgan fingerprint density at radius 2 is 0.355 bits per heavy atom. The average Bonchev–Trinajstić information content (AvgIpc) is 0.798. The molecule has 0 aliphatic carbocycles. The lowest BCUT2D eigenvalue weighted by atomic mass is 9.88. The minimum absolute atomic E-state index is 0.0201. The van der Waals surface area contributed by atoms with Gasteiger partial charge in [0.2, 0.25) is 0 Å². The van der Waals surface area contributed by atoms with Gasteiger partial charge in [0.15, 0.2) is 0 Å². The SMILES string of the molecule is CCC(C)c1ccc(C(=O)Nc2ccc(-c3ccc(NC(=O)c4ccc(C(=O)Nc5ccc(-c6ccc(NC(=O)c7ccc(C(C)CCC(C)c8ccc(C(=O)Nc9ccc(-c%10ccc(NC(=O)c%11ccc(C(=O)Nc%12ccc(-c%13ccc(NC(=O)c%14ccc(C(C)CC)cc%14)cc%13S(=O)(=O)O)cc%12)cc%11)cc%10S(=O)(=O)O)cc9)cc8)cc7)cc6)c(S(=O)(=O)O)c5)cc4)cc3)c(S(=O)(=O)O)c2)cc1. The second-order valence-corrected chi connectivity index (χ2v) is 38.9. The standard InChI is InChI=1S/C106H94N8O20S4/c1-7-63(3)67-11-19-77(20-12-67)103(119)111-87-51-55-91(95(59-87)135(123,124)125)73-39-47-85(48-40-73)109-101(117)79-27-31-81(32-28-79)105(121)113-89-53-57-93(97(61-89)137(129,130)131)71-35-43-83(44-36-71)107-99(115)75-23-15-69(16-24-75)65(5)9-10-66(6)70-17-25-76(26-18-70)100(116)108-84-45-37-72(38-46-84)94-58-54-90(62-98(94)138(132,133)134)114-106(122)82-33-29-80(30-34-82)102(118)110-86-49-41-74(42-50-86)92-56-52-88(60-96(92)136(126,127)128)112-104(120)78-21-13-68(14-22-78)64(4)8-2/h11-66H,7-10H2,1-6H3,(H,107,115)(H,108,116)(H,109,117)(H,110,118)(H,111,119)(H,112,120)(H,113,121)(H,114,122)(H,123,124,125)(H,126,127,128)(H,129,130,131)(H,132,133,134). The lowest BCUT2D eigenvalue weighted by Gasteiger charge is -2.17. The molecule has 28 nitrogen and oxygen atoms in total. The fourth-order valence-corrected chi connectivity index (χ4v) is 18.4. The first kappa shape index (κ1) is 98.5. The zero-order chi connectivity index (χ0) is 98.7. The van der Waals surface area contributed by atoms with Crippen molar-refractivity contribution in [1.82, 2.24) is 0 Å². The minimum atomic E-state index is -4.88. The number of benzene rings is 14. The molecular formula is C106H94N8O20S4. The van der Waals surface area contributed by atoms with Crippen molar-refractivity contribution in [2.24, 2.45) is 0 Å². The zero-order valence-corrected chi connectivity index (χ0v) is 78.4. The number of hydrogen-bond donors (Lipinski definition) is 12. The lowest BCUT2D eigenvalue weighted by molar-refractivity contribution is 0.101. The van der Waals surface area contributed by atoms with Gasteiger partial charge in [-0.15, -0.1) is 0 Å². The third kappa shape index (κ3) is 24.4. The molecule has 0 aliphatic heterocycles. The summed E-state index contributed by atoms with van der Waals surface area (Å²) in [6, 6.07) is 80.6. The molecule has 0 aliphatic rings. The van der Waals surface area contributed by atoms with E-state index in [1.54, 1.807) is 97.1 Å². The molecule has 0 aromatic heterocycles. The van der Waals surface area contributed by atoms with Crippen molar-refractivity contribution in [2.45, 2.75) is 110 Å². The van der Waals surface area contributed by atoms with Gasteiger partial charge in [0, 0.05) is 112 Å². The summed E-state index contributed by atoms with van der Waals surface area (Å²) in [6.07, 6.45) is 3.43. The van der Waals surface area contributed by atoms with Crippen LogP contribution in [0.25, 0.3) is 44.5 Å². The summed E-state index contributed by atoms with van der Waals surface area (Å²) in [6.45, 7) is 12.5. The Balaban J connectivity index is 0.510. The van der Waals surface area contributed by atoms with Gasteiger partial charge < -0.3 is 42.5 Å². The van der Waals surface area contributed by atoms with Crippen LogP contribution in [0.1, 0.15) is 196 Å². The van der Waals surface area contributed by atoms with Crippen LogP contribution in [0.5, 0.6) is 0 Å². The van der Waals surface area contributed by atoms with E-state index in [0.717, 1.165) is 72.2 Å². The number of rotatable bonds is 33. The van der Waals surface area contributed by atoms with Gasteiger partial charge in [-0.1, -0.05) is 163 Å². The Labute approximate surface area is 797 Å². The third-order valence-electron chi connectivity index (χ3n) is 23.9. The van der Waals surface area contributed by atoms with Crippen LogP contribution in [-0.2, 0) is 40.5 Å². The highest BCUT2D eigenvalue weighted by Crippen LogP contribution is 2.39. The number of nitrogens with one attached hydrogen (secondary N) is 8. The van der Waals surface area contributed by atoms with Crippen molar-refractivity contribution < 1.29 is 90.2 Å². The van der Waals surface area contributed by atoms with Crippen molar-refractivity contribution in [3.05, 3.63) is 382 Å². The van der Waals surface area contributed by atoms with E-state index in [-0.39, 0.29) is 79.1 Å². The monoisotopic (exact) mass is 1930 g/mol. The summed E-state index contributed by atoms with van der Waals surface area (Å²) in [5, 5.41) is 21.8. The molecule has 0 radical (unpaired) electrons. The van der Waals surface area contributed by atoms with Crippen LogP contribution in [0.4, 0.5) is 45.5 Å². The molecule has 4 atom stereocenters. The molecule has 0 saturated carbocycles. The topological polar surface area (TPSA) is 450 Å². The van der Waals surface area contributed by atoms with Gasteiger partial charge in [-0.2, -0.15) is 33.7 Å². The minimum Gasteiger partial charge on any atom is -0.322 e. The van der Waals surface area contributed by atoms with Crippen LogP contribution in [0.3, 0.4) is 0 Å². The van der Waals surface area contributed by atoms with Crippen molar-refractivity contribution in [1.29, 1.82) is 0 Å². The molecule has 32 heteroatoms. The summed E-state index contributed by atoms with van der Waals surface area (Å²) < 4.78 is 143. The van der Waals surface area contributed by atoms with E-state index in [0.29, 0.717) is 79.1 Å². The smallest absolute Gasteiger partial charge is 0.295 e. The summed E-state index contributed by atoms with van der Waals surface area (Å²) >= 11 is 0. The van der Waals surface area contributed by atoms with Gasteiger partial charge in [-0.3, -0.25) is 56.6 Å². The highest BCUT2D eigenvalue weighted by Gasteiger charge is 2.27. The molecule has 14 aromatic carbocycles. The van der Waals surface area contributed by atoms with E-state index in [1.807, 2.05) is 48.5 Å². The Morgan fingerprint density at radius 3 is 0.514 bits per heavy atom. The Hall–Kier alpha value is -15.5. The molecule has 4 unspecified atom stereocenters. The predicted molar refractivity (Wildman–Crippen MR) is 533 cm³/mol. The molecule has 14 aromatic rings. The zero-order valence-electron chi connectivity index (χ0n) is 75.1. The molecule has 0 saturated heterocycles. The van der Waals surface area contributed by atoms with Crippen molar-refractivity contribution >= 4 is 133 Å². The second-order valence-electron chi connectivity index (χ2n) is 33.3.